The third-order valence-electron chi connectivity index (χ3n) is 4.84. The van der Waals surface area contributed by atoms with Crippen LogP contribution in [0.15, 0.2) is 71.6 Å². The molecule has 0 aliphatic heterocycles. The minimum Gasteiger partial charge on any atom is -0.308 e. The lowest BCUT2D eigenvalue weighted by Crippen LogP contribution is -2.19. The van der Waals surface area contributed by atoms with Crippen LogP contribution >= 0.6 is 23.1 Å². The summed E-state index contributed by atoms with van der Waals surface area (Å²) < 4.78 is 13.1. The molecule has 0 saturated carbocycles. The lowest BCUT2D eigenvalue weighted by Gasteiger charge is -2.07. The third kappa shape index (κ3) is 5.52. The summed E-state index contributed by atoms with van der Waals surface area (Å²) in [4.78, 5) is 13.4. The van der Waals surface area contributed by atoms with Crippen molar-refractivity contribution in [3.63, 3.8) is 0 Å². The van der Waals surface area contributed by atoms with Crippen LogP contribution in [0.5, 0.6) is 0 Å². The summed E-state index contributed by atoms with van der Waals surface area (Å²) in [6, 6.07) is 19.8. The predicted molar refractivity (Wildman–Crippen MR) is 130 cm³/mol. The van der Waals surface area contributed by atoms with Crippen LogP contribution in [0.25, 0.3) is 10.6 Å². The summed E-state index contributed by atoms with van der Waals surface area (Å²) in [5.74, 6) is 0.467. The van der Waals surface area contributed by atoms with Crippen molar-refractivity contribution in [3.8, 4) is 10.6 Å². The maximum Gasteiger partial charge on any atom is 0.325 e. The number of carbonyl (C=O) groups excluding carboxylic acids is 1. The van der Waals surface area contributed by atoms with Crippen LogP contribution in [0.1, 0.15) is 16.7 Å². The van der Waals surface area contributed by atoms with Gasteiger partial charge in [0.15, 0.2) is 5.01 Å². The first kappa shape index (κ1) is 22.0. The Bertz CT molecular complexity index is 1240. The molecule has 4 rings (SSSR count). The Morgan fingerprint density at radius 2 is 1.75 bits per heavy atom. The molecular formula is C24H21FN4OS2. The molecule has 162 valence electrons. The summed E-state index contributed by atoms with van der Waals surface area (Å²) in [6.07, 6.45) is 0. The first-order valence-electron chi connectivity index (χ1n) is 9.93. The number of thioether (sulfide) groups is 1. The highest BCUT2D eigenvalue weighted by atomic mass is 32.2. The molecule has 8 heteroatoms. The fourth-order valence-electron chi connectivity index (χ4n) is 2.97. The minimum absolute atomic E-state index is 0.241. The Morgan fingerprint density at radius 1 is 0.969 bits per heavy atom. The van der Waals surface area contributed by atoms with Crippen LogP contribution in [0.4, 0.5) is 20.0 Å². The van der Waals surface area contributed by atoms with Gasteiger partial charge in [-0.2, -0.15) is 0 Å². The number of nitrogens with zero attached hydrogens (tertiary/aromatic N) is 2. The topological polar surface area (TPSA) is 66.9 Å². The number of hydrogen-bond donors (Lipinski definition) is 2. The molecule has 0 atom stereocenters. The first-order valence-corrected chi connectivity index (χ1v) is 11.7. The van der Waals surface area contributed by atoms with Gasteiger partial charge in [-0.25, -0.2) is 9.18 Å². The summed E-state index contributed by atoms with van der Waals surface area (Å²) in [5, 5.41) is 15.1. The number of hydrogen-bond acceptors (Lipinski definition) is 5. The number of halogens is 1. The lowest BCUT2D eigenvalue weighted by atomic mass is 10.1. The molecule has 0 radical (unpaired) electrons. The molecule has 4 aromatic rings. The summed E-state index contributed by atoms with van der Waals surface area (Å²) in [5.41, 5.74) is 4.97. The van der Waals surface area contributed by atoms with Gasteiger partial charge in [-0.15, -0.1) is 22.0 Å². The Morgan fingerprint density at radius 3 is 2.53 bits per heavy atom. The highest BCUT2D eigenvalue weighted by Gasteiger charge is 2.13. The van der Waals surface area contributed by atoms with E-state index in [1.165, 1.54) is 29.0 Å². The van der Waals surface area contributed by atoms with Gasteiger partial charge in [-0.05, 0) is 60.9 Å². The zero-order valence-electron chi connectivity index (χ0n) is 17.6. The van der Waals surface area contributed by atoms with Crippen LogP contribution in [-0.4, -0.2) is 16.2 Å². The number of carbonyl (C=O) groups is 1. The molecule has 0 unspecified atom stereocenters. The smallest absolute Gasteiger partial charge is 0.308 e. The van der Waals surface area contributed by atoms with E-state index in [9.17, 15) is 9.18 Å². The molecule has 2 N–H and O–H groups in total. The standard InChI is InChI=1S/C24H21FN4OS2/c1-15-7-12-19(13-16(15)2)26-23(30)27-24-29-28-22(32-24)20-5-3-4-6-21(20)31-14-17-8-10-18(25)11-9-17/h3-13H,14H2,1-2H3,(H2,26,27,29,30). The van der Waals surface area contributed by atoms with E-state index in [4.69, 9.17) is 0 Å². The second-order valence-corrected chi connectivity index (χ2v) is 9.20. The number of amides is 2. The van der Waals surface area contributed by atoms with Crippen molar-refractivity contribution >= 4 is 39.9 Å². The van der Waals surface area contributed by atoms with Crippen LogP contribution in [0.2, 0.25) is 0 Å². The van der Waals surface area contributed by atoms with Crippen molar-refractivity contribution in [3.05, 3.63) is 89.2 Å². The van der Waals surface area contributed by atoms with Gasteiger partial charge in [0.2, 0.25) is 5.13 Å². The van der Waals surface area contributed by atoms with Crippen LogP contribution in [0.3, 0.4) is 0 Å². The molecule has 0 aliphatic rings. The number of anilines is 2. The van der Waals surface area contributed by atoms with Gasteiger partial charge in [-0.3, -0.25) is 5.32 Å². The van der Waals surface area contributed by atoms with Crippen molar-refractivity contribution < 1.29 is 9.18 Å². The Labute approximate surface area is 194 Å². The number of urea groups is 1. The van der Waals surface area contributed by atoms with Crippen LogP contribution < -0.4 is 10.6 Å². The number of benzene rings is 3. The molecule has 0 bridgehead atoms. The molecule has 1 aromatic heterocycles. The highest BCUT2D eigenvalue weighted by molar-refractivity contribution is 7.98. The predicted octanol–water partition coefficient (Wildman–Crippen LogP) is 6.90. The molecule has 0 fully saturated rings. The van der Waals surface area contributed by atoms with E-state index >= 15 is 0 Å². The van der Waals surface area contributed by atoms with Crippen molar-refractivity contribution in [2.75, 3.05) is 10.6 Å². The number of rotatable bonds is 6. The zero-order chi connectivity index (χ0) is 22.5. The molecule has 2 amide bonds. The Kier molecular flexibility index (Phi) is 6.82. The number of aromatic nitrogens is 2. The van der Waals surface area contributed by atoms with Crippen molar-refractivity contribution in [2.24, 2.45) is 0 Å². The molecule has 0 saturated heterocycles. The average Bonchev–Trinajstić information content (AvgIpc) is 3.24. The van der Waals surface area contributed by atoms with E-state index in [1.54, 1.807) is 23.9 Å². The zero-order valence-corrected chi connectivity index (χ0v) is 19.2. The van der Waals surface area contributed by atoms with Crippen LogP contribution in [-0.2, 0) is 5.75 Å². The second kappa shape index (κ2) is 9.93. The summed E-state index contributed by atoms with van der Waals surface area (Å²) in [6.45, 7) is 4.03. The average molecular weight is 465 g/mol. The minimum atomic E-state index is -0.366. The van der Waals surface area contributed by atoms with Crippen molar-refractivity contribution in [1.82, 2.24) is 10.2 Å². The van der Waals surface area contributed by atoms with Gasteiger partial charge in [0, 0.05) is 21.9 Å². The summed E-state index contributed by atoms with van der Waals surface area (Å²) >= 11 is 2.96. The van der Waals surface area contributed by atoms with Crippen molar-refractivity contribution in [2.45, 2.75) is 24.5 Å². The SMILES string of the molecule is Cc1ccc(NC(=O)Nc2nnc(-c3ccccc3SCc3ccc(F)cc3)s2)cc1C. The Balaban J connectivity index is 1.43. The molecule has 5 nitrogen and oxygen atoms in total. The fourth-order valence-corrected chi connectivity index (χ4v) is 4.82. The molecule has 0 aliphatic carbocycles. The van der Waals surface area contributed by atoms with Gasteiger partial charge < -0.3 is 5.32 Å². The highest BCUT2D eigenvalue weighted by Crippen LogP contribution is 2.35. The normalized spacial score (nSPS) is 10.7. The maximum atomic E-state index is 13.1. The first-order chi connectivity index (χ1) is 15.5. The molecule has 32 heavy (non-hydrogen) atoms. The fraction of sp³-hybridized carbons (Fsp3) is 0.125. The van der Waals surface area contributed by atoms with Gasteiger partial charge >= 0.3 is 6.03 Å². The lowest BCUT2D eigenvalue weighted by molar-refractivity contribution is 0.262. The molecule has 0 spiro atoms. The largest absolute Gasteiger partial charge is 0.325 e. The molecule has 3 aromatic carbocycles. The van der Waals surface area contributed by atoms with Gasteiger partial charge in [0.05, 0.1) is 0 Å². The quantitative estimate of drug-likeness (QED) is 0.305. The monoisotopic (exact) mass is 464 g/mol. The molecular weight excluding hydrogens is 443 g/mol. The van der Waals surface area contributed by atoms with Gasteiger partial charge in [0.1, 0.15) is 5.82 Å². The van der Waals surface area contributed by atoms with E-state index in [1.807, 2.05) is 56.3 Å². The van der Waals surface area contributed by atoms with E-state index < -0.39 is 0 Å². The van der Waals surface area contributed by atoms with Crippen molar-refractivity contribution in [1.29, 1.82) is 0 Å². The van der Waals surface area contributed by atoms with Crippen LogP contribution in [0, 0.1) is 19.7 Å². The third-order valence-corrected chi connectivity index (χ3v) is 6.85. The van der Waals surface area contributed by atoms with E-state index in [0.29, 0.717) is 15.9 Å². The van der Waals surface area contributed by atoms with E-state index in [0.717, 1.165) is 27.3 Å². The second-order valence-electron chi connectivity index (χ2n) is 7.20. The van der Waals surface area contributed by atoms with E-state index in [-0.39, 0.29) is 11.8 Å². The van der Waals surface area contributed by atoms with Gasteiger partial charge in [-0.1, -0.05) is 47.7 Å². The molecule has 1 heterocycles. The summed E-state index contributed by atoms with van der Waals surface area (Å²) in [7, 11) is 0. The maximum absolute atomic E-state index is 13.1. The number of aryl methyl sites for hydroxylation is 2. The van der Waals surface area contributed by atoms with E-state index in [2.05, 4.69) is 20.8 Å². The number of nitrogens with one attached hydrogen (secondary N) is 2. The Hall–Kier alpha value is -3.23. The van der Waals surface area contributed by atoms with Gasteiger partial charge in [0.25, 0.3) is 0 Å².